The second kappa shape index (κ2) is 8.58. The third-order valence-corrected chi connectivity index (χ3v) is 4.92. The average molecular weight is 382 g/mol. The standard InChI is InChI=1S/C13H22N2O9S/c1-3-25(22,23)15-7-4-9(13(20)21)24-12(10(7)14-6(2)17)11(19)8(18)5-16/h4,7-8,10-12,15-16,18-19H,3,5H2,1-2H3,(H,14,17)(H,20,21)/t7-,8+,10+,11+,12+/m0/s1. The Morgan fingerprint density at radius 1 is 1.36 bits per heavy atom. The summed E-state index contributed by atoms with van der Waals surface area (Å²) in [6.45, 7) is 1.64. The molecule has 144 valence electrons. The van der Waals surface area contributed by atoms with Crippen LogP contribution in [0.5, 0.6) is 0 Å². The molecule has 0 aromatic rings. The van der Waals surface area contributed by atoms with Gasteiger partial charge in [0.15, 0.2) is 0 Å². The number of aliphatic hydroxyl groups excluding tert-OH is 3. The molecule has 0 spiro atoms. The van der Waals surface area contributed by atoms with Gasteiger partial charge in [0.05, 0.1) is 24.4 Å². The Balaban J connectivity index is 3.32. The van der Waals surface area contributed by atoms with Crippen LogP contribution in [0.3, 0.4) is 0 Å². The Morgan fingerprint density at radius 2 is 1.96 bits per heavy atom. The monoisotopic (exact) mass is 382 g/mol. The van der Waals surface area contributed by atoms with Gasteiger partial charge >= 0.3 is 5.97 Å². The zero-order valence-corrected chi connectivity index (χ0v) is 14.4. The Kier molecular flexibility index (Phi) is 7.31. The number of carbonyl (C=O) groups is 2. The molecule has 0 aromatic heterocycles. The van der Waals surface area contributed by atoms with E-state index in [1.165, 1.54) is 6.92 Å². The van der Waals surface area contributed by atoms with Gasteiger partial charge in [-0.1, -0.05) is 0 Å². The first-order chi connectivity index (χ1) is 11.5. The van der Waals surface area contributed by atoms with E-state index in [1.54, 1.807) is 0 Å². The van der Waals surface area contributed by atoms with E-state index in [1.807, 2.05) is 0 Å². The predicted molar refractivity (Wildman–Crippen MR) is 83.7 cm³/mol. The fourth-order valence-corrected chi connectivity index (χ4v) is 3.06. The smallest absolute Gasteiger partial charge is 0.370 e. The lowest BCUT2D eigenvalue weighted by molar-refractivity contribution is -0.146. The lowest BCUT2D eigenvalue weighted by Gasteiger charge is -2.39. The van der Waals surface area contributed by atoms with Crippen LogP contribution in [0.2, 0.25) is 0 Å². The lowest BCUT2D eigenvalue weighted by atomic mass is 9.92. The fraction of sp³-hybridized carbons (Fsp3) is 0.692. The highest BCUT2D eigenvalue weighted by atomic mass is 32.2. The summed E-state index contributed by atoms with van der Waals surface area (Å²) in [5, 5.41) is 40.2. The van der Waals surface area contributed by atoms with Gasteiger partial charge in [0.2, 0.25) is 21.7 Å². The number of carboxylic acid groups (broad SMARTS) is 1. The number of amides is 1. The van der Waals surface area contributed by atoms with Crippen LogP contribution >= 0.6 is 0 Å². The first kappa shape index (κ1) is 21.3. The van der Waals surface area contributed by atoms with Gasteiger partial charge in [-0.25, -0.2) is 17.9 Å². The van der Waals surface area contributed by atoms with Crippen molar-refractivity contribution >= 4 is 21.9 Å². The Labute approximate surface area is 144 Å². The van der Waals surface area contributed by atoms with Gasteiger partial charge < -0.3 is 30.5 Å². The molecule has 0 radical (unpaired) electrons. The summed E-state index contributed by atoms with van der Waals surface area (Å²) in [4.78, 5) is 22.7. The number of carboxylic acids is 1. The topological polar surface area (TPSA) is 182 Å². The van der Waals surface area contributed by atoms with Crippen LogP contribution in [0, 0.1) is 0 Å². The molecule has 0 bridgehead atoms. The van der Waals surface area contributed by atoms with Gasteiger partial charge in [-0.2, -0.15) is 0 Å². The van der Waals surface area contributed by atoms with Crippen LogP contribution in [-0.4, -0.2) is 83.5 Å². The third-order valence-electron chi connectivity index (χ3n) is 3.53. The first-order valence-electron chi connectivity index (χ1n) is 7.38. The van der Waals surface area contributed by atoms with E-state index in [9.17, 15) is 28.2 Å². The van der Waals surface area contributed by atoms with Crippen molar-refractivity contribution in [2.24, 2.45) is 0 Å². The van der Waals surface area contributed by atoms with Crippen molar-refractivity contribution in [1.82, 2.24) is 10.0 Å². The zero-order valence-electron chi connectivity index (χ0n) is 13.6. The van der Waals surface area contributed by atoms with Crippen molar-refractivity contribution < 1.29 is 43.2 Å². The van der Waals surface area contributed by atoms with E-state index in [0.717, 1.165) is 13.0 Å². The fourth-order valence-electron chi connectivity index (χ4n) is 2.27. The largest absolute Gasteiger partial charge is 0.478 e. The maximum Gasteiger partial charge on any atom is 0.370 e. The zero-order chi connectivity index (χ0) is 19.4. The van der Waals surface area contributed by atoms with E-state index < -0.39 is 64.7 Å². The van der Waals surface area contributed by atoms with E-state index in [4.69, 9.17) is 14.9 Å². The highest BCUT2D eigenvalue weighted by molar-refractivity contribution is 7.89. The molecule has 0 saturated heterocycles. The Bertz CT molecular complexity index is 633. The van der Waals surface area contributed by atoms with Crippen LogP contribution in [0.4, 0.5) is 0 Å². The van der Waals surface area contributed by atoms with E-state index in [2.05, 4.69) is 10.0 Å². The molecule has 0 fully saturated rings. The number of hydrogen-bond donors (Lipinski definition) is 6. The second-order valence-electron chi connectivity index (χ2n) is 5.43. The predicted octanol–water partition coefficient (Wildman–Crippen LogP) is -3.12. The molecule has 1 amide bonds. The summed E-state index contributed by atoms with van der Waals surface area (Å²) >= 11 is 0. The summed E-state index contributed by atoms with van der Waals surface area (Å²) in [6, 6.07) is -2.47. The Morgan fingerprint density at radius 3 is 2.40 bits per heavy atom. The molecule has 0 aliphatic carbocycles. The minimum Gasteiger partial charge on any atom is -0.478 e. The molecular weight excluding hydrogens is 360 g/mol. The average Bonchev–Trinajstić information content (AvgIpc) is 2.53. The first-order valence-corrected chi connectivity index (χ1v) is 9.03. The Hall–Kier alpha value is -1.73. The number of aliphatic carboxylic acids is 1. The molecule has 12 heteroatoms. The number of aliphatic hydroxyl groups is 3. The number of nitrogens with one attached hydrogen (secondary N) is 2. The van der Waals surface area contributed by atoms with E-state index >= 15 is 0 Å². The summed E-state index contributed by atoms with van der Waals surface area (Å²) < 4.78 is 31.0. The highest BCUT2D eigenvalue weighted by Gasteiger charge is 2.44. The van der Waals surface area contributed by atoms with Crippen LogP contribution < -0.4 is 10.0 Å². The lowest BCUT2D eigenvalue weighted by Crippen LogP contribution is -2.63. The summed E-state index contributed by atoms with van der Waals surface area (Å²) in [5.74, 6) is -3.10. The summed E-state index contributed by atoms with van der Waals surface area (Å²) in [6.07, 6.45) is -4.06. The van der Waals surface area contributed by atoms with Gasteiger partial charge in [0, 0.05) is 6.92 Å². The third kappa shape index (κ3) is 5.64. The van der Waals surface area contributed by atoms with Crippen LogP contribution in [0.15, 0.2) is 11.8 Å². The van der Waals surface area contributed by atoms with Gasteiger partial charge in [-0.3, -0.25) is 4.79 Å². The molecule has 6 N–H and O–H groups in total. The maximum atomic E-state index is 11.8. The molecule has 1 heterocycles. The van der Waals surface area contributed by atoms with Gasteiger partial charge in [0.25, 0.3) is 0 Å². The quantitative estimate of drug-likeness (QED) is 0.253. The molecule has 1 aliphatic rings. The molecule has 1 aliphatic heterocycles. The van der Waals surface area contributed by atoms with Crippen molar-refractivity contribution in [1.29, 1.82) is 0 Å². The normalized spacial score (nSPS) is 26.1. The number of rotatable bonds is 8. The molecule has 0 unspecified atom stereocenters. The number of carbonyl (C=O) groups excluding carboxylic acids is 1. The molecule has 0 saturated carbocycles. The van der Waals surface area contributed by atoms with E-state index in [-0.39, 0.29) is 5.75 Å². The summed E-state index contributed by atoms with van der Waals surface area (Å²) in [7, 11) is -3.80. The second-order valence-corrected chi connectivity index (χ2v) is 7.47. The van der Waals surface area contributed by atoms with E-state index in [0.29, 0.717) is 0 Å². The minimum atomic E-state index is -3.80. The molecule has 1 rings (SSSR count). The molecule has 11 nitrogen and oxygen atoms in total. The van der Waals surface area contributed by atoms with Crippen LogP contribution in [0.25, 0.3) is 0 Å². The molecule has 5 atom stereocenters. The van der Waals surface area contributed by atoms with Crippen molar-refractivity contribution in [2.45, 2.75) is 44.2 Å². The molecule has 0 aromatic carbocycles. The van der Waals surface area contributed by atoms with Crippen molar-refractivity contribution in [3.05, 3.63) is 11.8 Å². The minimum absolute atomic E-state index is 0.306. The van der Waals surface area contributed by atoms with Crippen molar-refractivity contribution in [2.75, 3.05) is 12.4 Å². The number of hydrogen-bond acceptors (Lipinski definition) is 8. The van der Waals surface area contributed by atoms with Crippen molar-refractivity contribution in [3.63, 3.8) is 0 Å². The van der Waals surface area contributed by atoms with Crippen LogP contribution in [-0.2, 0) is 24.3 Å². The van der Waals surface area contributed by atoms with Gasteiger partial charge in [-0.15, -0.1) is 0 Å². The SMILES string of the molecule is CCS(=O)(=O)N[C@H]1C=C(C(=O)O)O[C@@H]([C@H](O)[C@H](O)CO)[C@@H]1NC(C)=O. The van der Waals surface area contributed by atoms with Gasteiger partial charge in [-0.05, 0) is 13.0 Å². The molecular formula is C13H22N2O9S. The summed E-state index contributed by atoms with van der Waals surface area (Å²) in [5.41, 5.74) is 0. The van der Waals surface area contributed by atoms with Gasteiger partial charge in [0.1, 0.15) is 18.3 Å². The highest BCUT2D eigenvalue weighted by Crippen LogP contribution is 2.23. The maximum absolute atomic E-state index is 11.8. The number of ether oxygens (including phenoxy) is 1. The molecule has 25 heavy (non-hydrogen) atoms. The number of sulfonamides is 1. The van der Waals surface area contributed by atoms with Crippen molar-refractivity contribution in [3.8, 4) is 0 Å². The van der Waals surface area contributed by atoms with Crippen LogP contribution in [0.1, 0.15) is 13.8 Å².